The minimum atomic E-state index is -0.178. The number of nitrogens with one attached hydrogen (secondary N) is 2. The highest BCUT2D eigenvalue weighted by Crippen LogP contribution is 2.34. The van der Waals surface area contributed by atoms with Crippen LogP contribution in [0.25, 0.3) is 0 Å². The van der Waals surface area contributed by atoms with Gasteiger partial charge in [0.2, 0.25) is 5.91 Å². The number of benzene rings is 1. The first-order valence-electron chi connectivity index (χ1n) is 8.32. The molecule has 1 aliphatic carbocycles. The van der Waals surface area contributed by atoms with Gasteiger partial charge in [-0.1, -0.05) is 44.5 Å². The zero-order chi connectivity index (χ0) is 14.8. The third-order valence-corrected chi connectivity index (χ3v) is 5.45. The Morgan fingerprint density at radius 3 is 2.90 bits per heavy atom. The molecule has 0 radical (unpaired) electrons. The molecule has 114 valence electrons. The zero-order valence-corrected chi connectivity index (χ0v) is 13.1. The van der Waals surface area contributed by atoms with Crippen molar-refractivity contribution in [2.24, 2.45) is 11.8 Å². The van der Waals surface area contributed by atoms with Crippen LogP contribution in [-0.2, 0) is 11.2 Å². The molecule has 1 saturated carbocycles. The van der Waals surface area contributed by atoms with Gasteiger partial charge in [0, 0.05) is 12.6 Å². The molecule has 3 rings (SSSR count). The molecular formula is C18H26N2O. The molecule has 1 heterocycles. The summed E-state index contributed by atoms with van der Waals surface area (Å²) in [5.74, 6) is 1.51. The maximum absolute atomic E-state index is 12.7. The van der Waals surface area contributed by atoms with Crippen LogP contribution in [0.4, 0.5) is 0 Å². The first-order valence-corrected chi connectivity index (χ1v) is 8.32. The highest BCUT2D eigenvalue weighted by atomic mass is 16.2. The van der Waals surface area contributed by atoms with E-state index >= 15 is 0 Å². The molecular weight excluding hydrogens is 260 g/mol. The van der Waals surface area contributed by atoms with Crippen molar-refractivity contribution in [3.05, 3.63) is 35.4 Å². The molecule has 0 spiro atoms. The topological polar surface area (TPSA) is 41.1 Å². The van der Waals surface area contributed by atoms with Gasteiger partial charge in [-0.05, 0) is 42.2 Å². The Labute approximate surface area is 127 Å². The molecule has 21 heavy (non-hydrogen) atoms. The van der Waals surface area contributed by atoms with Crippen molar-refractivity contribution in [1.82, 2.24) is 10.6 Å². The van der Waals surface area contributed by atoms with Gasteiger partial charge in [-0.3, -0.25) is 4.79 Å². The summed E-state index contributed by atoms with van der Waals surface area (Å²) in [6.07, 6.45) is 4.60. The lowest BCUT2D eigenvalue weighted by molar-refractivity contribution is -0.124. The minimum absolute atomic E-state index is 0.149. The zero-order valence-electron chi connectivity index (χ0n) is 13.1. The predicted molar refractivity (Wildman–Crippen MR) is 85.0 cm³/mol. The van der Waals surface area contributed by atoms with E-state index in [1.54, 1.807) is 0 Å². The lowest BCUT2D eigenvalue weighted by atomic mass is 9.92. The average molecular weight is 286 g/mol. The Balaban J connectivity index is 1.70. The molecule has 1 amide bonds. The molecule has 1 aromatic carbocycles. The third kappa shape index (κ3) is 2.84. The summed E-state index contributed by atoms with van der Waals surface area (Å²) in [4.78, 5) is 12.7. The van der Waals surface area contributed by atoms with Gasteiger partial charge in [0.15, 0.2) is 0 Å². The van der Waals surface area contributed by atoms with Crippen LogP contribution in [0.3, 0.4) is 0 Å². The SMILES string of the molecule is CCC1CCC(NC(=O)C2NCCc3ccccc32)C1C. The van der Waals surface area contributed by atoms with E-state index in [-0.39, 0.29) is 11.9 Å². The van der Waals surface area contributed by atoms with Crippen LogP contribution in [0.1, 0.15) is 50.3 Å². The number of carbonyl (C=O) groups excluding carboxylic acids is 1. The molecule has 0 aromatic heterocycles. The molecule has 1 aromatic rings. The first-order chi connectivity index (χ1) is 10.2. The van der Waals surface area contributed by atoms with E-state index in [1.807, 2.05) is 6.07 Å². The van der Waals surface area contributed by atoms with Crippen molar-refractivity contribution in [1.29, 1.82) is 0 Å². The maximum atomic E-state index is 12.7. The van der Waals surface area contributed by atoms with Crippen LogP contribution < -0.4 is 10.6 Å². The summed E-state index contributed by atoms with van der Waals surface area (Å²) in [6.45, 7) is 5.42. The van der Waals surface area contributed by atoms with E-state index < -0.39 is 0 Å². The highest BCUT2D eigenvalue weighted by Gasteiger charge is 2.34. The summed E-state index contributed by atoms with van der Waals surface area (Å²) < 4.78 is 0. The number of hydrogen-bond donors (Lipinski definition) is 2. The van der Waals surface area contributed by atoms with Gasteiger partial charge in [0.1, 0.15) is 6.04 Å². The van der Waals surface area contributed by atoms with Gasteiger partial charge in [0.25, 0.3) is 0 Å². The Kier molecular flexibility index (Phi) is 4.29. The molecule has 2 N–H and O–H groups in total. The fourth-order valence-corrected chi connectivity index (χ4v) is 4.03. The summed E-state index contributed by atoms with van der Waals surface area (Å²) >= 11 is 0. The number of carbonyl (C=O) groups is 1. The molecule has 4 unspecified atom stereocenters. The van der Waals surface area contributed by atoms with Crippen molar-refractivity contribution >= 4 is 5.91 Å². The summed E-state index contributed by atoms with van der Waals surface area (Å²) in [5, 5.41) is 6.68. The van der Waals surface area contributed by atoms with Crippen molar-refractivity contribution in [2.75, 3.05) is 6.54 Å². The van der Waals surface area contributed by atoms with Gasteiger partial charge in [-0.25, -0.2) is 0 Å². The van der Waals surface area contributed by atoms with Crippen molar-refractivity contribution in [2.45, 2.75) is 51.6 Å². The average Bonchev–Trinajstić information content (AvgIpc) is 2.87. The van der Waals surface area contributed by atoms with E-state index in [0.29, 0.717) is 12.0 Å². The van der Waals surface area contributed by atoms with Crippen LogP contribution >= 0.6 is 0 Å². The number of fused-ring (bicyclic) bond motifs is 1. The van der Waals surface area contributed by atoms with Crippen LogP contribution in [0.15, 0.2) is 24.3 Å². The lowest BCUT2D eigenvalue weighted by Crippen LogP contribution is -2.46. The molecule has 1 aliphatic heterocycles. The normalized spacial score (nSPS) is 31.7. The molecule has 4 atom stereocenters. The molecule has 1 fully saturated rings. The van der Waals surface area contributed by atoms with Crippen LogP contribution in [0.2, 0.25) is 0 Å². The van der Waals surface area contributed by atoms with Gasteiger partial charge < -0.3 is 10.6 Å². The van der Waals surface area contributed by atoms with Crippen molar-refractivity contribution < 1.29 is 4.79 Å². The standard InChI is InChI=1S/C18H26N2O/c1-3-13-8-9-16(12(13)2)20-18(21)17-15-7-5-4-6-14(15)10-11-19-17/h4-7,12-13,16-17,19H,3,8-11H2,1-2H3,(H,20,21). The second kappa shape index (κ2) is 6.18. The highest BCUT2D eigenvalue weighted by molar-refractivity contribution is 5.84. The number of hydrogen-bond acceptors (Lipinski definition) is 2. The maximum Gasteiger partial charge on any atom is 0.241 e. The van der Waals surface area contributed by atoms with Crippen LogP contribution in [0, 0.1) is 11.8 Å². The van der Waals surface area contributed by atoms with Gasteiger partial charge >= 0.3 is 0 Å². The number of amides is 1. The van der Waals surface area contributed by atoms with E-state index in [1.165, 1.54) is 18.4 Å². The summed E-state index contributed by atoms with van der Waals surface area (Å²) in [5.41, 5.74) is 2.46. The van der Waals surface area contributed by atoms with Crippen molar-refractivity contribution in [3.63, 3.8) is 0 Å². The Morgan fingerprint density at radius 1 is 1.33 bits per heavy atom. The third-order valence-electron chi connectivity index (χ3n) is 5.45. The Hall–Kier alpha value is -1.35. The minimum Gasteiger partial charge on any atom is -0.351 e. The lowest BCUT2D eigenvalue weighted by Gasteiger charge is -2.28. The van der Waals surface area contributed by atoms with Gasteiger partial charge in [-0.15, -0.1) is 0 Å². The van der Waals surface area contributed by atoms with E-state index in [4.69, 9.17) is 0 Å². The predicted octanol–water partition coefficient (Wildman–Crippen LogP) is 2.81. The second-order valence-electron chi connectivity index (χ2n) is 6.56. The van der Waals surface area contributed by atoms with Gasteiger partial charge in [-0.2, -0.15) is 0 Å². The van der Waals surface area contributed by atoms with Crippen LogP contribution in [0.5, 0.6) is 0 Å². The van der Waals surface area contributed by atoms with Crippen LogP contribution in [-0.4, -0.2) is 18.5 Å². The monoisotopic (exact) mass is 286 g/mol. The Bertz CT molecular complexity index is 514. The van der Waals surface area contributed by atoms with Crippen molar-refractivity contribution in [3.8, 4) is 0 Å². The largest absolute Gasteiger partial charge is 0.351 e. The fourth-order valence-electron chi connectivity index (χ4n) is 4.03. The summed E-state index contributed by atoms with van der Waals surface area (Å²) in [6, 6.07) is 8.48. The summed E-state index contributed by atoms with van der Waals surface area (Å²) in [7, 11) is 0. The molecule has 0 bridgehead atoms. The molecule has 2 aliphatic rings. The fraction of sp³-hybridized carbons (Fsp3) is 0.611. The van der Waals surface area contributed by atoms with E-state index in [9.17, 15) is 4.79 Å². The molecule has 3 nitrogen and oxygen atoms in total. The molecule has 3 heteroatoms. The molecule has 0 saturated heterocycles. The quantitative estimate of drug-likeness (QED) is 0.897. The first kappa shape index (κ1) is 14.6. The number of rotatable bonds is 3. The van der Waals surface area contributed by atoms with E-state index in [0.717, 1.165) is 30.9 Å². The smallest absolute Gasteiger partial charge is 0.241 e. The van der Waals surface area contributed by atoms with Gasteiger partial charge in [0.05, 0.1) is 0 Å². The Morgan fingerprint density at radius 2 is 2.14 bits per heavy atom. The van der Waals surface area contributed by atoms with E-state index in [2.05, 4.69) is 42.7 Å². The second-order valence-corrected chi connectivity index (χ2v) is 6.56.